The summed E-state index contributed by atoms with van der Waals surface area (Å²) in [5.41, 5.74) is -1.47. The van der Waals surface area contributed by atoms with Crippen molar-refractivity contribution in [1.82, 2.24) is 9.62 Å². The Labute approximate surface area is 145 Å². The van der Waals surface area contributed by atoms with E-state index in [0.29, 0.717) is 6.42 Å². The van der Waals surface area contributed by atoms with Crippen molar-refractivity contribution >= 4 is 27.8 Å². The SMILES string of the molecule is CCCC(C)(NC(=O)c1ccc2c(c1)S(=O)(=O)N(CC)C2=O)C(=O)O. The van der Waals surface area contributed by atoms with Crippen LogP contribution in [0, 0.1) is 0 Å². The summed E-state index contributed by atoms with van der Waals surface area (Å²) in [6.45, 7) is 4.71. The van der Waals surface area contributed by atoms with Crippen LogP contribution in [0.5, 0.6) is 0 Å². The number of carbonyl (C=O) groups is 3. The zero-order valence-corrected chi connectivity index (χ0v) is 15.0. The highest BCUT2D eigenvalue weighted by atomic mass is 32.2. The molecule has 0 bridgehead atoms. The van der Waals surface area contributed by atoms with Crippen LogP contribution < -0.4 is 5.32 Å². The molecule has 0 saturated carbocycles. The number of hydrogen-bond donors (Lipinski definition) is 2. The van der Waals surface area contributed by atoms with Gasteiger partial charge in [-0.25, -0.2) is 17.5 Å². The van der Waals surface area contributed by atoms with E-state index in [9.17, 15) is 27.9 Å². The Kier molecular flexibility index (Phi) is 4.90. The highest BCUT2D eigenvalue weighted by molar-refractivity contribution is 7.90. The van der Waals surface area contributed by atoms with E-state index in [1.807, 2.05) is 0 Å². The van der Waals surface area contributed by atoms with Gasteiger partial charge in [0.1, 0.15) is 10.4 Å². The van der Waals surface area contributed by atoms with Crippen LogP contribution in [0.15, 0.2) is 23.1 Å². The van der Waals surface area contributed by atoms with E-state index in [1.54, 1.807) is 6.92 Å². The predicted molar refractivity (Wildman–Crippen MR) is 88.8 cm³/mol. The Morgan fingerprint density at radius 2 is 1.92 bits per heavy atom. The monoisotopic (exact) mass is 368 g/mol. The molecule has 1 heterocycles. The molecule has 1 aliphatic rings. The minimum absolute atomic E-state index is 0.00737. The molecule has 2 amide bonds. The van der Waals surface area contributed by atoms with Crippen molar-refractivity contribution in [2.75, 3.05) is 6.54 Å². The number of aliphatic carboxylic acids is 1. The Hall–Kier alpha value is -2.42. The molecular formula is C16H20N2O6S. The summed E-state index contributed by atoms with van der Waals surface area (Å²) in [6.07, 6.45) is 0.765. The van der Waals surface area contributed by atoms with Crippen LogP contribution in [0.3, 0.4) is 0 Å². The molecule has 0 fully saturated rings. The number of carboxylic acid groups (broad SMARTS) is 1. The van der Waals surface area contributed by atoms with Crippen LogP contribution in [0.4, 0.5) is 0 Å². The van der Waals surface area contributed by atoms with Gasteiger partial charge in [-0.1, -0.05) is 13.3 Å². The summed E-state index contributed by atoms with van der Waals surface area (Å²) in [5, 5.41) is 11.8. The molecule has 1 atom stereocenters. The third-order valence-corrected chi connectivity index (χ3v) is 6.07. The second-order valence-corrected chi connectivity index (χ2v) is 7.86. The van der Waals surface area contributed by atoms with Gasteiger partial charge in [-0.05, 0) is 38.5 Å². The first-order valence-electron chi connectivity index (χ1n) is 7.85. The molecule has 1 aromatic carbocycles. The lowest BCUT2D eigenvalue weighted by molar-refractivity contribution is -0.144. The lowest BCUT2D eigenvalue weighted by Crippen LogP contribution is -2.52. The number of nitrogens with one attached hydrogen (secondary N) is 1. The largest absolute Gasteiger partial charge is 0.480 e. The van der Waals surface area contributed by atoms with Gasteiger partial charge in [0.2, 0.25) is 0 Å². The minimum atomic E-state index is -3.98. The quantitative estimate of drug-likeness (QED) is 0.779. The first-order chi connectivity index (χ1) is 11.6. The van der Waals surface area contributed by atoms with Crippen molar-refractivity contribution in [1.29, 1.82) is 0 Å². The Morgan fingerprint density at radius 1 is 1.28 bits per heavy atom. The van der Waals surface area contributed by atoms with Crippen molar-refractivity contribution in [2.45, 2.75) is 44.0 Å². The first-order valence-corrected chi connectivity index (χ1v) is 9.29. The summed E-state index contributed by atoms with van der Waals surface area (Å²) in [4.78, 5) is 35.7. The fourth-order valence-corrected chi connectivity index (χ4v) is 4.38. The molecule has 1 aromatic rings. The number of rotatable bonds is 6. The van der Waals surface area contributed by atoms with Gasteiger partial charge in [0.15, 0.2) is 0 Å². The van der Waals surface area contributed by atoms with E-state index in [4.69, 9.17) is 0 Å². The maximum absolute atomic E-state index is 12.4. The average molecular weight is 368 g/mol. The van der Waals surface area contributed by atoms with Crippen LogP contribution in [0.1, 0.15) is 54.3 Å². The molecule has 0 radical (unpaired) electrons. The molecule has 0 aromatic heterocycles. The number of amides is 2. The van der Waals surface area contributed by atoms with Gasteiger partial charge in [0.05, 0.1) is 5.56 Å². The zero-order valence-electron chi connectivity index (χ0n) is 14.2. The van der Waals surface area contributed by atoms with Crippen molar-refractivity contribution in [3.05, 3.63) is 29.3 Å². The molecular weight excluding hydrogens is 348 g/mol. The van der Waals surface area contributed by atoms with E-state index in [1.165, 1.54) is 26.0 Å². The number of hydrogen-bond acceptors (Lipinski definition) is 5. The fraction of sp³-hybridized carbons (Fsp3) is 0.438. The maximum Gasteiger partial charge on any atom is 0.329 e. The second-order valence-electron chi connectivity index (χ2n) is 6.03. The van der Waals surface area contributed by atoms with Gasteiger partial charge in [-0.15, -0.1) is 0 Å². The molecule has 0 saturated heterocycles. The highest BCUT2D eigenvalue weighted by Crippen LogP contribution is 2.31. The van der Waals surface area contributed by atoms with Gasteiger partial charge in [-0.3, -0.25) is 9.59 Å². The average Bonchev–Trinajstić information content (AvgIpc) is 2.73. The number of carbonyl (C=O) groups excluding carboxylic acids is 2. The van der Waals surface area contributed by atoms with Crippen molar-refractivity contribution < 1.29 is 27.9 Å². The number of fused-ring (bicyclic) bond motifs is 1. The third kappa shape index (κ3) is 3.11. The molecule has 2 rings (SSSR count). The summed E-state index contributed by atoms with van der Waals surface area (Å²) in [5.74, 6) is -2.52. The summed E-state index contributed by atoms with van der Waals surface area (Å²) >= 11 is 0. The van der Waals surface area contributed by atoms with E-state index in [-0.39, 0.29) is 29.0 Å². The predicted octanol–water partition coefficient (Wildman–Crippen LogP) is 1.22. The summed E-state index contributed by atoms with van der Waals surface area (Å²) in [7, 11) is -3.98. The van der Waals surface area contributed by atoms with E-state index < -0.39 is 33.3 Å². The maximum atomic E-state index is 12.4. The Morgan fingerprint density at radius 3 is 2.44 bits per heavy atom. The zero-order chi connectivity index (χ0) is 19.0. The smallest absolute Gasteiger partial charge is 0.329 e. The number of sulfonamides is 1. The minimum Gasteiger partial charge on any atom is -0.480 e. The van der Waals surface area contributed by atoms with Crippen LogP contribution in [-0.2, 0) is 14.8 Å². The molecule has 8 nitrogen and oxygen atoms in total. The molecule has 1 unspecified atom stereocenters. The highest BCUT2D eigenvalue weighted by Gasteiger charge is 2.41. The van der Waals surface area contributed by atoms with E-state index in [0.717, 1.165) is 10.4 Å². The van der Waals surface area contributed by atoms with Gasteiger partial charge in [0, 0.05) is 12.1 Å². The van der Waals surface area contributed by atoms with Crippen molar-refractivity contribution in [3.63, 3.8) is 0 Å². The van der Waals surface area contributed by atoms with Gasteiger partial charge in [0.25, 0.3) is 21.8 Å². The molecule has 0 spiro atoms. The summed E-state index contributed by atoms with van der Waals surface area (Å²) < 4.78 is 25.5. The number of carboxylic acids is 1. The molecule has 0 aliphatic carbocycles. The fourth-order valence-electron chi connectivity index (χ4n) is 2.78. The third-order valence-electron chi connectivity index (χ3n) is 4.17. The molecule has 2 N–H and O–H groups in total. The van der Waals surface area contributed by atoms with Gasteiger partial charge >= 0.3 is 5.97 Å². The van der Waals surface area contributed by atoms with Crippen molar-refractivity contribution in [3.8, 4) is 0 Å². The first kappa shape index (κ1) is 18.9. The number of nitrogens with zero attached hydrogens (tertiary/aromatic N) is 1. The van der Waals surface area contributed by atoms with Crippen LogP contribution in [-0.4, -0.2) is 47.7 Å². The molecule has 136 valence electrons. The Bertz CT molecular complexity index is 848. The molecule has 9 heteroatoms. The second kappa shape index (κ2) is 6.47. The molecule has 1 aliphatic heterocycles. The lowest BCUT2D eigenvalue weighted by Gasteiger charge is -2.25. The van der Waals surface area contributed by atoms with Crippen LogP contribution >= 0.6 is 0 Å². The normalized spacial score (nSPS) is 17.7. The van der Waals surface area contributed by atoms with Gasteiger partial charge in [-0.2, -0.15) is 0 Å². The molecule has 25 heavy (non-hydrogen) atoms. The van der Waals surface area contributed by atoms with Crippen LogP contribution in [0.25, 0.3) is 0 Å². The standard InChI is InChI=1S/C16H20N2O6S/c1-4-8-16(3,15(21)22)17-13(19)10-6-7-11-12(9-10)25(23,24)18(5-2)14(11)20/h6-7,9H,4-5,8H2,1-3H3,(H,17,19)(H,21,22). The topological polar surface area (TPSA) is 121 Å². The lowest BCUT2D eigenvalue weighted by atomic mass is 9.95. The van der Waals surface area contributed by atoms with Crippen LogP contribution in [0.2, 0.25) is 0 Å². The van der Waals surface area contributed by atoms with E-state index in [2.05, 4.69) is 5.32 Å². The number of benzene rings is 1. The Balaban J connectivity index is 2.40. The summed E-state index contributed by atoms with van der Waals surface area (Å²) in [6, 6.07) is 3.70. The van der Waals surface area contributed by atoms with Gasteiger partial charge < -0.3 is 10.4 Å². The van der Waals surface area contributed by atoms with E-state index >= 15 is 0 Å². The van der Waals surface area contributed by atoms with Crippen molar-refractivity contribution in [2.24, 2.45) is 0 Å².